The van der Waals surface area contributed by atoms with Crippen molar-refractivity contribution in [3.8, 4) is 0 Å². The second-order valence-corrected chi connectivity index (χ2v) is 6.48. The van der Waals surface area contributed by atoms with Gasteiger partial charge in [-0.3, -0.25) is 0 Å². The molecule has 0 aliphatic heterocycles. The maximum absolute atomic E-state index is 5.92. The monoisotopic (exact) mass is 330 g/mol. The molecule has 0 saturated heterocycles. The SMILES string of the molecule is CN(C(=S)Nc1ccc(Cl)cc1)[C@H]1CCCc2ccccc21. The lowest BCUT2D eigenvalue weighted by atomic mass is 9.87. The number of anilines is 1. The van der Waals surface area contributed by atoms with E-state index in [1.165, 1.54) is 17.5 Å². The summed E-state index contributed by atoms with van der Waals surface area (Å²) in [6, 6.07) is 16.6. The molecular weight excluding hydrogens is 312 g/mol. The van der Waals surface area contributed by atoms with Gasteiger partial charge in [0.1, 0.15) is 0 Å². The van der Waals surface area contributed by atoms with Gasteiger partial charge in [-0.15, -0.1) is 0 Å². The van der Waals surface area contributed by atoms with Crippen LogP contribution in [-0.2, 0) is 6.42 Å². The largest absolute Gasteiger partial charge is 0.345 e. The minimum atomic E-state index is 0.345. The van der Waals surface area contributed by atoms with E-state index in [-0.39, 0.29) is 0 Å². The third-order valence-electron chi connectivity index (χ3n) is 4.22. The van der Waals surface area contributed by atoms with E-state index in [0.717, 1.165) is 28.7 Å². The molecule has 0 aromatic heterocycles. The van der Waals surface area contributed by atoms with Gasteiger partial charge in [-0.25, -0.2) is 0 Å². The Morgan fingerprint density at radius 3 is 2.68 bits per heavy atom. The van der Waals surface area contributed by atoms with Crippen LogP contribution in [0.5, 0.6) is 0 Å². The van der Waals surface area contributed by atoms with Crippen LogP contribution in [0.4, 0.5) is 5.69 Å². The fraction of sp³-hybridized carbons (Fsp3) is 0.278. The number of benzene rings is 2. The number of thiocarbonyl (C=S) groups is 1. The highest BCUT2D eigenvalue weighted by molar-refractivity contribution is 7.80. The molecule has 0 amide bonds. The predicted molar refractivity (Wildman–Crippen MR) is 97.6 cm³/mol. The minimum absolute atomic E-state index is 0.345. The summed E-state index contributed by atoms with van der Waals surface area (Å²) in [5, 5.41) is 4.76. The van der Waals surface area contributed by atoms with Gasteiger partial charge in [-0.05, 0) is 66.9 Å². The van der Waals surface area contributed by atoms with Crippen LogP contribution in [0.2, 0.25) is 5.02 Å². The smallest absolute Gasteiger partial charge is 0.173 e. The molecular formula is C18H19ClN2S. The number of aryl methyl sites for hydroxylation is 1. The van der Waals surface area contributed by atoms with Gasteiger partial charge in [0.2, 0.25) is 0 Å². The Morgan fingerprint density at radius 2 is 1.91 bits per heavy atom. The molecule has 3 rings (SSSR count). The molecule has 1 aliphatic rings. The minimum Gasteiger partial charge on any atom is -0.345 e. The zero-order chi connectivity index (χ0) is 15.5. The van der Waals surface area contributed by atoms with Crippen LogP contribution in [0.1, 0.15) is 30.0 Å². The summed E-state index contributed by atoms with van der Waals surface area (Å²) in [6.45, 7) is 0. The standard InChI is InChI=1S/C18H19ClN2S/c1-21(18(22)20-15-11-9-14(19)10-12-15)17-8-4-6-13-5-2-3-7-16(13)17/h2-3,5,7,9-12,17H,4,6,8H2,1H3,(H,20,22)/t17-/m0/s1. The van der Waals surface area contributed by atoms with Crippen LogP contribution in [-0.4, -0.2) is 17.1 Å². The van der Waals surface area contributed by atoms with Crippen LogP contribution in [0.15, 0.2) is 48.5 Å². The molecule has 4 heteroatoms. The van der Waals surface area contributed by atoms with Gasteiger partial charge in [0, 0.05) is 17.8 Å². The van der Waals surface area contributed by atoms with Gasteiger partial charge in [-0.2, -0.15) is 0 Å². The first-order valence-corrected chi connectivity index (χ1v) is 8.31. The highest BCUT2D eigenvalue weighted by atomic mass is 35.5. The fourth-order valence-corrected chi connectivity index (χ4v) is 3.39. The van der Waals surface area contributed by atoms with Crippen LogP contribution < -0.4 is 5.32 Å². The van der Waals surface area contributed by atoms with Crippen molar-refractivity contribution in [1.82, 2.24) is 4.90 Å². The molecule has 0 radical (unpaired) electrons. The summed E-state index contributed by atoms with van der Waals surface area (Å²) in [5.74, 6) is 0. The first-order chi connectivity index (χ1) is 10.6. The molecule has 0 unspecified atom stereocenters. The average Bonchev–Trinajstić information content (AvgIpc) is 2.55. The Bertz CT molecular complexity index is 669. The van der Waals surface area contributed by atoms with E-state index in [9.17, 15) is 0 Å². The molecule has 0 fully saturated rings. The Labute approximate surface area is 142 Å². The van der Waals surface area contributed by atoms with Gasteiger partial charge in [0.25, 0.3) is 0 Å². The number of nitrogens with zero attached hydrogens (tertiary/aromatic N) is 1. The Kier molecular flexibility index (Phi) is 4.65. The molecule has 0 bridgehead atoms. The van der Waals surface area contributed by atoms with Gasteiger partial charge < -0.3 is 10.2 Å². The number of fused-ring (bicyclic) bond motifs is 1. The van der Waals surface area contributed by atoms with Crippen LogP contribution in [0.25, 0.3) is 0 Å². The molecule has 0 spiro atoms. The van der Waals surface area contributed by atoms with E-state index >= 15 is 0 Å². The molecule has 2 aromatic rings. The number of hydrogen-bond acceptors (Lipinski definition) is 1. The van der Waals surface area contributed by atoms with Crippen molar-refractivity contribution < 1.29 is 0 Å². The number of rotatable bonds is 2. The van der Waals surface area contributed by atoms with Crippen molar-refractivity contribution in [3.05, 3.63) is 64.7 Å². The van der Waals surface area contributed by atoms with E-state index < -0.39 is 0 Å². The lowest BCUT2D eigenvalue weighted by molar-refractivity contribution is 0.336. The Balaban J connectivity index is 1.75. The second-order valence-electron chi connectivity index (χ2n) is 5.65. The van der Waals surface area contributed by atoms with Gasteiger partial charge >= 0.3 is 0 Å². The first-order valence-electron chi connectivity index (χ1n) is 7.52. The summed E-state index contributed by atoms with van der Waals surface area (Å²) in [5.41, 5.74) is 3.81. The fourth-order valence-electron chi connectivity index (χ4n) is 3.02. The van der Waals surface area contributed by atoms with E-state index in [2.05, 4.69) is 41.5 Å². The van der Waals surface area contributed by atoms with Gasteiger partial charge in [-0.1, -0.05) is 35.9 Å². The van der Waals surface area contributed by atoms with E-state index in [1.54, 1.807) is 0 Å². The molecule has 1 N–H and O–H groups in total. The highest BCUT2D eigenvalue weighted by Gasteiger charge is 2.24. The van der Waals surface area contributed by atoms with Crippen molar-refractivity contribution in [2.24, 2.45) is 0 Å². The van der Waals surface area contributed by atoms with Crippen LogP contribution >= 0.6 is 23.8 Å². The Hall–Kier alpha value is -1.58. The number of hydrogen-bond donors (Lipinski definition) is 1. The van der Waals surface area contributed by atoms with Crippen molar-refractivity contribution in [2.75, 3.05) is 12.4 Å². The summed E-state index contributed by atoms with van der Waals surface area (Å²) >= 11 is 11.5. The summed E-state index contributed by atoms with van der Waals surface area (Å²) in [4.78, 5) is 2.17. The maximum atomic E-state index is 5.92. The summed E-state index contributed by atoms with van der Waals surface area (Å²) in [7, 11) is 2.07. The zero-order valence-corrected chi connectivity index (χ0v) is 14.1. The van der Waals surface area contributed by atoms with Gasteiger partial charge in [0.15, 0.2) is 5.11 Å². The van der Waals surface area contributed by atoms with Crippen molar-refractivity contribution in [1.29, 1.82) is 0 Å². The van der Waals surface area contributed by atoms with Crippen molar-refractivity contribution in [2.45, 2.75) is 25.3 Å². The van der Waals surface area contributed by atoms with E-state index in [0.29, 0.717) is 6.04 Å². The molecule has 114 valence electrons. The third-order valence-corrected chi connectivity index (χ3v) is 4.86. The lowest BCUT2D eigenvalue weighted by Crippen LogP contribution is -2.36. The number of nitrogens with one attached hydrogen (secondary N) is 1. The molecule has 2 aromatic carbocycles. The predicted octanol–water partition coefficient (Wildman–Crippen LogP) is 5.05. The highest BCUT2D eigenvalue weighted by Crippen LogP contribution is 2.33. The molecule has 22 heavy (non-hydrogen) atoms. The molecule has 0 heterocycles. The lowest BCUT2D eigenvalue weighted by Gasteiger charge is -2.35. The van der Waals surface area contributed by atoms with E-state index in [1.807, 2.05) is 24.3 Å². The molecule has 0 saturated carbocycles. The first kappa shape index (κ1) is 15.3. The zero-order valence-electron chi connectivity index (χ0n) is 12.6. The van der Waals surface area contributed by atoms with Gasteiger partial charge in [0.05, 0.1) is 6.04 Å². The van der Waals surface area contributed by atoms with Crippen molar-refractivity contribution in [3.63, 3.8) is 0 Å². The van der Waals surface area contributed by atoms with Crippen LogP contribution in [0, 0.1) is 0 Å². The summed E-state index contributed by atoms with van der Waals surface area (Å²) < 4.78 is 0. The average molecular weight is 331 g/mol. The Morgan fingerprint density at radius 1 is 1.18 bits per heavy atom. The second kappa shape index (κ2) is 6.67. The molecule has 2 nitrogen and oxygen atoms in total. The summed E-state index contributed by atoms with van der Waals surface area (Å²) in [6.07, 6.45) is 3.50. The number of halogens is 1. The topological polar surface area (TPSA) is 15.3 Å². The molecule has 1 atom stereocenters. The maximum Gasteiger partial charge on any atom is 0.173 e. The van der Waals surface area contributed by atoms with Crippen LogP contribution in [0.3, 0.4) is 0 Å². The van der Waals surface area contributed by atoms with Crippen molar-refractivity contribution >= 4 is 34.6 Å². The normalized spacial score (nSPS) is 16.7. The molecule has 1 aliphatic carbocycles. The van der Waals surface area contributed by atoms with E-state index in [4.69, 9.17) is 23.8 Å². The third kappa shape index (κ3) is 3.26. The quantitative estimate of drug-likeness (QED) is 0.776.